The number of rotatable bonds is 6. The lowest BCUT2D eigenvalue weighted by molar-refractivity contribution is -0.481. The number of thiazole rings is 1. The van der Waals surface area contributed by atoms with Crippen LogP contribution in [-0.2, 0) is 5.41 Å². The summed E-state index contributed by atoms with van der Waals surface area (Å²) in [6, 6.07) is 13.5. The zero-order valence-corrected chi connectivity index (χ0v) is 19.5. The highest BCUT2D eigenvalue weighted by molar-refractivity contribution is 7.16. The van der Waals surface area contributed by atoms with E-state index in [2.05, 4.69) is 10.3 Å². The predicted molar refractivity (Wildman–Crippen MR) is 125 cm³/mol. The number of benzene rings is 2. The number of carbonyl (C=O) groups excluding carboxylic acids is 1. The van der Waals surface area contributed by atoms with Gasteiger partial charge in [-0.1, -0.05) is 56.1 Å². The molecule has 0 spiro atoms. The smallest absolute Gasteiger partial charge is 0.257 e. The number of hydrogen-bond acceptors (Lipinski definition) is 5. The Hall–Kier alpha value is -2.48. The summed E-state index contributed by atoms with van der Waals surface area (Å²) in [5, 5.41) is 15.8. The normalized spacial score (nSPS) is 12.4. The highest BCUT2D eigenvalue weighted by Gasteiger charge is 2.32. The average molecular weight is 478 g/mol. The fourth-order valence-electron chi connectivity index (χ4n) is 3.11. The molecule has 0 saturated carbocycles. The molecule has 3 aromatic rings. The molecule has 162 valence electrons. The van der Waals surface area contributed by atoms with Crippen LogP contribution in [0.1, 0.15) is 53.2 Å². The minimum atomic E-state index is -0.514. The molecule has 1 aromatic heterocycles. The van der Waals surface area contributed by atoms with Crippen molar-refractivity contribution in [3.8, 4) is 0 Å². The van der Waals surface area contributed by atoms with Gasteiger partial charge in [-0.3, -0.25) is 20.2 Å². The molecule has 0 saturated heterocycles. The van der Waals surface area contributed by atoms with E-state index in [-0.39, 0.29) is 22.8 Å². The Morgan fingerprint density at radius 3 is 2.16 bits per heavy atom. The van der Waals surface area contributed by atoms with Crippen molar-refractivity contribution in [2.75, 3.05) is 11.9 Å². The number of nitrogens with one attached hydrogen (secondary N) is 1. The van der Waals surface area contributed by atoms with Gasteiger partial charge in [-0.15, -0.1) is 11.3 Å². The Balaban J connectivity index is 2.01. The van der Waals surface area contributed by atoms with Crippen LogP contribution in [0.25, 0.3) is 0 Å². The fraction of sp³-hybridized carbons (Fsp3) is 0.273. The van der Waals surface area contributed by atoms with Crippen LogP contribution >= 0.6 is 34.5 Å². The summed E-state index contributed by atoms with van der Waals surface area (Å²) in [4.78, 5) is 29.2. The van der Waals surface area contributed by atoms with Gasteiger partial charge < -0.3 is 0 Å². The van der Waals surface area contributed by atoms with Crippen molar-refractivity contribution in [2.24, 2.45) is 0 Å². The molecule has 1 unspecified atom stereocenters. The van der Waals surface area contributed by atoms with E-state index in [9.17, 15) is 14.9 Å². The number of carbonyl (C=O) groups is 1. The molecule has 3 rings (SSSR count). The lowest BCUT2D eigenvalue weighted by Gasteiger charge is -2.21. The Morgan fingerprint density at radius 1 is 1.10 bits per heavy atom. The molecule has 0 aliphatic heterocycles. The summed E-state index contributed by atoms with van der Waals surface area (Å²) in [5.74, 6) is -0.838. The van der Waals surface area contributed by atoms with E-state index in [1.54, 1.807) is 48.5 Å². The van der Waals surface area contributed by atoms with Crippen LogP contribution in [0.15, 0.2) is 48.5 Å². The number of hydrogen-bond donors (Lipinski definition) is 1. The van der Waals surface area contributed by atoms with E-state index in [4.69, 9.17) is 23.2 Å². The first-order valence-electron chi connectivity index (χ1n) is 9.50. The monoisotopic (exact) mass is 477 g/mol. The summed E-state index contributed by atoms with van der Waals surface area (Å²) in [7, 11) is 0. The quantitative estimate of drug-likeness (QED) is 0.328. The molecule has 1 N–H and O–H groups in total. The van der Waals surface area contributed by atoms with E-state index >= 15 is 0 Å². The first-order chi connectivity index (χ1) is 14.5. The minimum Gasteiger partial charge on any atom is -0.298 e. The summed E-state index contributed by atoms with van der Waals surface area (Å²) >= 11 is 13.1. The Bertz CT molecular complexity index is 1090. The van der Waals surface area contributed by atoms with Crippen molar-refractivity contribution in [2.45, 2.75) is 32.1 Å². The number of aromatic nitrogens is 1. The summed E-state index contributed by atoms with van der Waals surface area (Å²) in [5.41, 5.74) is 1.55. The number of nitro groups is 1. The van der Waals surface area contributed by atoms with Crippen LogP contribution < -0.4 is 5.32 Å². The van der Waals surface area contributed by atoms with Gasteiger partial charge in [0.25, 0.3) is 5.91 Å². The first-order valence-corrected chi connectivity index (χ1v) is 11.1. The van der Waals surface area contributed by atoms with Crippen molar-refractivity contribution < 1.29 is 9.72 Å². The second kappa shape index (κ2) is 9.34. The van der Waals surface area contributed by atoms with Crippen molar-refractivity contribution in [1.82, 2.24) is 4.98 Å². The Morgan fingerprint density at radius 2 is 1.65 bits per heavy atom. The average Bonchev–Trinajstić information content (AvgIpc) is 3.11. The molecule has 31 heavy (non-hydrogen) atoms. The van der Waals surface area contributed by atoms with Gasteiger partial charge in [0.15, 0.2) is 5.13 Å². The van der Waals surface area contributed by atoms with Crippen molar-refractivity contribution >= 4 is 45.6 Å². The van der Waals surface area contributed by atoms with Gasteiger partial charge in [-0.2, -0.15) is 0 Å². The van der Waals surface area contributed by atoms with Crippen LogP contribution in [0.5, 0.6) is 0 Å². The fourth-order valence-corrected chi connectivity index (χ4v) is 4.66. The predicted octanol–water partition coefficient (Wildman–Crippen LogP) is 6.41. The van der Waals surface area contributed by atoms with Crippen LogP contribution in [0.2, 0.25) is 10.0 Å². The van der Waals surface area contributed by atoms with Gasteiger partial charge in [0.1, 0.15) is 0 Å². The van der Waals surface area contributed by atoms with E-state index in [0.717, 1.165) is 10.4 Å². The maximum Gasteiger partial charge on any atom is 0.257 e. The molecule has 0 bridgehead atoms. The number of amides is 1. The van der Waals surface area contributed by atoms with Crippen molar-refractivity contribution in [3.63, 3.8) is 0 Å². The van der Waals surface area contributed by atoms with Crippen LogP contribution in [0, 0.1) is 10.1 Å². The third-order valence-electron chi connectivity index (χ3n) is 4.61. The van der Waals surface area contributed by atoms with Crippen molar-refractivity contribution in [1.29, 1.82) is 0 Å². The second-order valence-electron chi connectivity index (χ2n) is 8.06. The third-order valence-corrected chi connectivity index (χ3v) is 6.20. The molecule has 0 radical (unpaired) electrons. The largest absolute Gasteiger partial charge is 0.298 e. The Kier molecular flexibility index (Phi) is 6.99. The number of nitrogens with zero attached hydrogens (tertiary/aromatic N) is 2. The van der Waals surface area contributed by atoms with Crippen LogP contribution in [0.3, 0.4) is 0 Å². The lowest BCUT2D eigenvalue weighted by atomic mass is 9.86. The number of anilines is 1. The zero-order chi connectivity index (χ0) is 22.8. The molecule has 1 amide bonds. The topological polar surface area (TPSA) is 85.1 Å². The molecular formula is C22H21Cl2N3O3S. The molecule has 9 heteroatoms. The SMILES string of the molecule is CC(C)(C)c1nc(NC(=O)c2ccc(Cl)cc2)sc1C(C[N+](=O)[O-])c1ccc(Cl)cc1. The second-order valence-corrected chi connectivity index (χ2v) is 9.97. The maximum absolute atomic E-state index is 12.6. The van der Waals surface area contributed by atoms with Gasteiger partial charge in [-0.25, -0.2) is 4.98 Å². The highest BCUT2D eigenvalue weighted by Crippen LogP contribution is 2.40. The summed E-state index contributed by atoms with van der Waals surface area (Å²) in [6.45, 7) is 5.67. The molecule has 0 aliphatic carbocycles. The summed E-state index contributed by atoms with van der Waals surface area (Å²) < 4.78 is 0. The lowest BCUT2D eigenvalue weighted by Crippen LogP contribution is -2.20. The molecule has 2 aromatic carbocycles. The zero-order valence-electron chi connectivity index (χ0n) is 17.2. The number of halogens is 2. The molecular weight excluding hydrogens is 457 g/mol. The van der Waals surface area contributed by atoms with Gasteiger partial charge in [0.05, 0.1) is 11.6 Å². The van der Waals surface area contributed by atoms with E-state index in [1.807, 2.05) is 20.8 Å². The van der Waals surface area contributed by atoms with E-state index < -0.39 is 5.92 Å². The van der Waals surface area contributed by atoms with Gasteiger partial charge in [0.2, 0.25) is 6.54 Å². The minimum absolute atomic E-state index is 0.294. The van der Waals surface area contributed by atoms with E-state index in [0.29, 0.717) is 26.4 Å². The third kappa shape index (κ3) is 5.81. The maximum atomic E-state index is 12.6. The van der Waals surface area contributed by atoms with Gasteiger partial charge in [-0.05, 0) is 42.0 Å². The molecule has 1 atom stereocenters. The van der Waals surface area contributed by atoms with Crippen LogP contribution in [0.4, 0.5) is 5.13 Å². The molecule has 1 heterocycles. The first kappa shape index (κ1) is 23.2. The molecule has 6 nitrogen and oxygen atoms in total. The molecule has 0 fully saturated rings. The summed E-state index contributed by atoms with van der Waals surface area (Å²) in [6.07, 6.45) is 0. The standard InChI is InChI=1S/C22H21Cl2N3O3S/c1-22(2,3)19-18(17(12-27(29)30)13-4-8-15(23)9-5-13)31-21(25-19)26-20(28)14-6-10-16(24)11-7-14/h4-11,17H,12H2,1-3H3,(H,25,26,28). The van der Waals surface area contributed by atoms with Crippen molar-refractivity contribution in [3.05, 3.63) is 90.4 Å². The van der Waals surface area contributed by atoms with Gasteiger partial charge in [0, 0.05) is 30.8 Å². The van der Waals surface area contributed by atoms with Gasteiger partial charge >= 0.3 is 0 Å². The Labute approximate surface area is 194 Å². The van der Waals surface area contributed by atoms with Crippen LogP contribution in [-0.4, -0.2) is 22.4 Å². The van der Waals surface area contributed by atoms with E-state index in [1.165, 1.54) is 11.3 Å². The highest BCUT2D eigenvalue weighted by atomic mass is 35.5. The molecule has 0 aliphatic rings.